The molecule has 3 rings (SSSR count). The van der Waals surface area contributed by atoms with E-state index in [1.165, 1.54) is 12.8 Å². The van der Waals surface area contributed by atoms with Gasteiger partial charge in [0, 0.05) is 36.8 Å². The summed E-state index contributed by atoms with van der Waals surface area (Å²) in [5.41, 5.74) is 1.56. The van der Waals surface area contributed by atoms with Crippen LogP contribution in [0.3, 0.4) is 0 Å². The van der Waals surface area contributed by atoms with Crippen LogP contribution in [0.4, 0.5) is 5.69 Å². The monoisotopic (exact) mass is 300 g/mol. The zero-order valence-electron chi connectivity index (χ0n) is 13.3. The highest BCUT2D eigenvalue weighted by atomic mass is 16.2. The lowest BCUT2D eigenvalue weighted by atomic mass is 10.1. The first-order valence-electron chi connectivity index (χ1n) is 8.42. The summed E-state index contributed by atoms with van der Waals surface area (Å²) < 4.78 is 0. The third kappa shape index (κ3) is 2.87. The maximum Gasteiger partial charge on any atom is 0.254 e. The molecule has 2 aliphatic rings. The molecule has 0 unspecified atom stereocenters. The lowest BCUT2D eigenvalue weighted by Crippen LogP contribution is -2.38. The minimum absolute atomic E-state index is 0.0999. The molecule has 118 valence electrons. The first-order chi connectivity index (χ1) is 10.7. The van der Waals surface area contributed by atoms with Gasteiger partial charge < -0.3 is 9.80 Å². The van der Waals surface area contributed by atoms with Crippen LogP contribution in [0, 0.1) is 0 Å². The number of hydrogen-bond acceptors (Lipinski definition) is 2. The number of rotatable bonds is 4. The fourth-order valence-corrected chi connectivity index (χ4v) is 3.68. The number of anilines is 1. The molecule has 0 spiro atoms. The Hall–Kier alpha value is -1.84. The third-order valence-electron chi connectivity index (χ3n) is 4.85. The zero-order valence-corrected chi connectivity index (χ0v) is 13.3. The Labute approximate surface area is 132 Å². The van der Waals surface area contributed by atoms with Crippen molar-refractivity contribution in [1.29, 1.82) is 0 Å². The molecule has 2 fully saturated rings. The number of hydrogen-bond donors (Lipinski definition) is 0. The number of nitrogens with zero attached hydrogens (tertiary/aromatic N) is 2. The Morgan fingerprint density at radius 1 is 1.27 bits per heavy atom. The van der Waals surface area contributed by atoms with Gasteiger partial charge in [0.05, 0.1) is 0 Å². The van der Waals surface area contributed by atoms with E-state index in [1.807, 2.05) is 36.1 Å². The van der Waals surface area contributed by atoms with E-state index >= 15 is 0 Å². The van der Waals surface area contributed by atoms with Crippen LogP contribution in [-0.4, -0.2) is 35.8 Å². The Balaban J connectivity index is 1.81. The molecule has 4 heteroatoms. The van der Waals surface area contributed by atoms with Crippen molar-refractivity contribution in [3.8, 4) is 0 Å². The van der Waals surface area contributed by atoms with Gasteiger partial charge in [0.1, 0.15) is 0 Å². The first kappa shape index (κ1) is 15.1. The smallest absolute Gasteiger partial charge is 0.254 e. The van der Waals surface area contributed by atoms with Crippen LogP contribution in [-0.2, 0) is 4.79 Å². The lowest BCUT2D eigenvalue weighted by molar-refractivity contribution is -0.117. The number of benzene rings is 1. The Kier molecular flexibility index (Phi) is 4.46. The fraction of sp³-hybridized carbons (Fsp3) is 0.556. The molecular weight excluding hydrogens is 276 g/mol. The second-order valence-electron chi connectivity index (χ2n) is 6.23. The predicted octanol–water partition coefficient (Wildman–Crippen LogP) is 3.22. The van der Waals surface area contributed by atoms with E-state index in [9.17, 15) is 9.59 Å². The molecule has 4 nitrogen and oxygen atoms in total. The average Bonchev–Trinajstić information content (AvgIpc) is 3.20. The number of carbonyl (C=O) groups excluding carboxylic acids is 2. The second-order valence-corrected chi connectivity index (χ2v) is 6.23. The van der Waals surface area contributed by atoms with E-state index in [2.05, 4.69) is 0 Å². The van der Waals surface area contributed by atoms with Crippen LogP contribution >= 0.6 is 0 Å². The van der Waals surface area contributed by atoms with Gasteiger partial charge in [-0.15, -0.1) is 0 Å². The second kappa shape index (κ2) is 6.51. The highest BCUT2D eigenvalue weighted by Gasteiger charge is 2.27. The highest BCUT2D eigenvalue weighted by molar-refractivity contribution is 5.99. The molecule has 0 N–H and O–H groups in total. The Morgan fingerprint density at radius 3 is 2.68 bits per heavy atom. The molecule has 22 heavy (non-hydrogen) atoms. The van der Waals surface area contributed by atoms with Gasteiger partial charge in [-0.2, -0.15) is 0 Å². The molecular formula is C18H24N2O2. The molecule has 1 aliphatic carbocycles. The maximum atomic E-state index is 12.8. The van der Waals surface area contributed by atoms with Crippen LogP contribution in [0.5, 0.6) is 0 Å². The topological polar surface area (TPSA) is 40.6 Å². The Morgan fingerprint density at radius 2 is 2.05 bits per heavy atom. The van der Waals surface area contributed by atoms with Gasteiger partial charge in [-0.05, 0) is 44.4 Å². The standard InChI is InChI=1S/C18H24N2O2/c1-2-19(15-8-3-4-9-15)18(22)14-7-5-10-16(13-14)20-12-6-11-17(20)21/h5,7,10,13,15H,2-4,6,8-9,11-12H2,1H3. The van der Waals surface area contributed by atoms with Crippen molar-refractivity contribution in [3.05, 3.63) is 29.8 Å². The van der Waals surface area contributed by atoms with Gasteiger partial charge in [-0.25, -0.2) is 0 Å². The van der Waals surface area contributed by atoms with Crippen molar-refractivity contribution < 1.29 is 9.59 Å². The fourth-order valence-electron chi connectivity index (χ4n) is 3.68. The number of amides is 2. The molecule has 2 amide bonds. The summed E-state index contributed by atoms with van der Waals surface area (Å²) in [4.78, 5) is 28.5. The van der Waals surface area contributed by atoms with E-state index in [1.54, 1.807) is 4.90 Å². The largest absolute Gasteiger partial charge is 0.336 e. The Bertz CT molecular complexity index is 564. The van der Waals surface area contributed by atoms with Gasteiger partial charge in [0.25, 0.3) is 5.91 Å². The summed E-state index contributed by atoms with van der Waals surface area (Å²) in [6.07, 6.45) is 6.18. The van der Waals surface area contributed by atoms with Gasteiger partial charge in [-0.1, -0.05) is 18.9 Å². The molecule has 0 bridgehead atoms. The quantitative estimate of drug-likeness (QED) is 0.856. The summed E-state index contributed by atoms with van der Waals surface area (Å²) in [5, 5.41) is 0. The van der Waals surface area contributed by atoms with Crippen LogP contribution in [0.15, 0.2) is 24.3 Å². The maximum absolute atomic E-state index is 12.8. The van der Waals surface area contributed by atoms with E-state index < -0.39 is 0 Å². The summed E-state index contributed by atoms with van der Waals surface area (Å²) in [5.74, 6) is 0.260. The summed E-state index contributed by atoms with van der Waals surface area (Å²) in [6.45, 7) is 3.55. The minimum Gasteiger partial charge on any atom is -0.336 e. The van der Waals surface area contributed by atoms with Gasteiger partial charge in [0.2, 0.25) is 5.91 Å². The zero-order chi connectivity index (χ0) is 15.5. The van der Waals surface area contributed by atoms with E-state index in [0.717, 1.165) is 38.0 Å². The lowest BCUT2D eigenvalue weighted by Gasteiger charge is -2.28. The summed E-state index contributed by atoms with van der Waals surface area (Å²) >= 11 is 0. The van der Waals surface area contributed by atoms with Crippen LogP contribution in [0.2, 0.25) is 0 Å². The van der Waals surface area contributed by atoms with E-state index in [-0.39, 0.29) is 11.8 Å². The van der Waals surface area contributed by atoms with E-state index in [4.69, 9.17) is 0 Å². The van der Waals surface area contributed by atoms with Gasteiger partial charge in [-0.3, -0.25) is 9.59 Å². The first-order valence-corrected chi connectivity index (χ1v) is 8.42. The molecule has 1 aromatic rings. The van der Waals surface area contributed by atoms with Crippen molar-refractivity contribution in [3.63, 3.8) is 0 Å². The highest BCUT2D eigenvalue weighted by Crippen LogP contribution is 2.27. The van der Waals surface area contributed by atoms with E-state index in [0.29, 0.717) is 18.0 Å². The molecule has 0 aromatic heterocycles. The van der Waals surface area contributed by atoms with Crippen molar-refractivity contribution in [2.24, 2.45) is 0 Å². The molecule has 0 atom stereocenters. The van der Waals surface area contributed by atoms with Crippen molar-refractivity contribution >= 4 is 17.5 Å². The van der Waals surface area contributed by atoms with Crippen LogP contribution in [0.25, 0.3) is 0 Å². The minimum atomic E-state index is 0.0999. The average molecular weight is 300 g/mol. The van der Waals surface area contributed by atoms with Crippen LogP contribution in [0.1, 0.15) is 55.8 Å². The van der Waals surface area contributed by atoms with Crippen LogP contribution < -0.4 is 4.90 Å². The molecule has 1 aromatic carbocycles. The van der Waals surface area contributed by atoms with Gasteiger partial charge in [0.15, 0.2) is 0 Å². The molecule has 1 heterocycles. The molecule has 1 aliphatic heterocycles. The predicted molar refractivity (Wildman–Crippen MR) is 87.0 cm³/mol. The summed E-state index contributed by atoms with van der Waals surface area (Å²) in [6, 6.07) is 7.94. The molecule has 0 radical (unpaired) electrons. The molecule has 1 saturated carbocycles. The van der Waals surface area contributed by atoms with Crippen molar-refractivity contribution in [2.45, 2.75) is 51.5 Å². The van der Waals surface area contributed by atoms with Crippen molar-refractivity contribution in [2.75, 3.05) is 18.0 Å². The SMILES string of the molecule is CCN(C(=O)c1cccc(N2CCCC2=O)c1)C1CCCC1. The van der Waals surface area contributed by atoms with Crippen molar-refractivity contribution in [1.82, 2.24) is 4.90 Å². The summed E-state index contributed by atoms with van der Waals surface area (Å²) in [7, 11) is 0. The normalized spacial score (nSPS) is 19.0. The van der Waals surface area contributed by atoms with Gasteiger partial charge >= 0.3 is 0 Å². The molecule has 1 saturated heterocycles. The number of carbonyl (C=O) groups is 2. The third-order valence-corrected chi connectivity index (χ3v) is 4.85.